The van der Waals surface area contributed by atoms with E-state index in [4.69, 9.17) is 4.74 Å². The molecule has 8 nitrogen and oxygen atoms in total. The van der Waals surface area contributed by atoms with Crippen LogP contribution in [0.15, 0.2) is 78.4 Å². The summed E-state index contributed by atoms with van der Waals surface area (Å²) in [5.74, 6) is 1.16. The van der Waals surface area contributed by atoms with Crippen LogP contribution in [-0.4, -0.2) is 41.9 Å². The Bertz CT molecular complexity index is 1690. The molecular weight excluding hydrogens is 537 g/mol. The molecule has 3 aromatic carbocycles. The molecule has 0 radical (unpaired) electrons. The first kappa shape index (κ1) is 26.7. The van der Waals surface area contributed by atoms with Crippen LogP contribution < -0.4 is 15.4 Å². The van der Waals surface area contributed by atoms with Crippen molar-refractivity contribution >= 4 is 43.6 Å². The Balaban J connectivity index is 1.23. The molecule has 11 heteroatoms. The van der Waals surface area contributed by atoms with E-state index in [9.17, 15) is 12.8 Å². The van der Waals surface area contributed by atoms with E-state index in [2.05, 4.69) is 25.6 Å². The SMILES string of the molecule is CS(=O)(=O)CCNCc1csc(-c2ccc3c(Nc4ccc(OCc5cccc(F)c5)cc4)ncnc3c2)n1. The first-order valence-electron chi connectivity index (χ1n) is 12.1. The predicted molar refractivity (Wildman–Crippen MR) is 153 cm³/mol. The summed E-state index contributed by atoms with van der Waals surface area (Å²) < 4.78 is 41.7. The molecule has 39 heavy (non-hydrogen) atoms. The number of ether oxygens (including phenoxy) is 1. The first-order valence-corrected chi connectivity index (χ1v) is 15.1. The summed E-state index contributed by atoms with van der Waals surface area (Å²) in [7, 11) is -2.99. The highest BCUT2D eigenvalue weighted by Crippen LogP contribution is 2.30. The fourth-order valence-electron chi connectivity index (χ4n) is 3.85. The third-order valence-electron chi connectivity index (χ3n) is 5.80. The topological polar surface area (TPSA) is 106 Å². The van der Waals surface area contributed by atoms with Crippen LogP contribution in [0, 0.1) is 5.82 Å². The molecule has 2 heterocycles. The molecule has 0 saturated heterocycles. The summed E-state index contributed by atoms with van der Waals surface area (Å²) in [6.45, 7) is 1.17. The molecule has 0 unspecified atom stereocenters. The summed E-state index contributed by atoms with van der Waals surface area (Å²) in [5.41, 5.74) is 4.18. The Kier molecular flexibility index (Phi) is 8.10. The highest BCUT2D eigenvalue weighted by atomic mass is 32.2. The van der Waals surface area contributed by atoms with Crippen LogP contribution in [-0.2, 0) is 23.0 Å². The number of rotatable bonds is 11. The van der Waals surface area contributed by atoms with E-state index >= 15 is 0 Å². The van der Waals surface area contributed by atoms with E-state index in [-0.39, 0.29) is 18.2 Å². The number of halogens is 1. The minimum Gasteiger partial charge on any atom is -0.489 e. The minimum absolute atomic E-state index is 0.0965. The lowest BCUT2D eigenvalue weighted by Crippen LogP contribution is -2.22. The molecule has 0 aliphatic carbocycles. The smallest absolute Gasteiger partial charge is 0.148 e. The van der Waals surface area contributed by atoms with Gasteiger partial charge in [-0.1, -0.05) is 18.2 Å². The zero-order chi connectivity index (χ0) is 27.2. The Morgan fingerprint density at radius 3 is 2.67 bits per heavy atom. The third kappa shape index (κ3) is 7.34. The van der Waals surface area contributed by atoms with E-state index in [1.54, 1.807) is 6.07 Å². The molecule has 5 rings (SSSR count). The van der Waals surface area contributed by atoms with Crippen molar-refractivity contribution in [2.45, 2.75) is 13.2 Å². The minimum atomic E-state index is -2.99. The van der Waals surface area contributed by atoms with E-state index in [1.165, 1.54) is 36.1 Å². The predicted octanol–water partition coefficient (Wildman–Crippen LogP) is 5.35. The number of sulfone groups is 1. The van der Waals surface area contributed by atoms with Crippen LogP contribution in [0.4, 0.5) is 15.9 Å². The number of fused-ring (bicyclic) bond motifs is 1. The quantitative estimate of drug-likeness (QED) is 0.207. The second-order valence-corrected chi connectivity index (χ2v) is 12.1. The molecule has 0 amide bonds. The number of hydrogen-bond acceptors (Lipinski definition) is 9. The first-order chi connectivity index (χ1) is 18.8. The third-order valence-corrected chi connectivity index (χ3v) is 7.69. The van der Waals surface area contributed by atoms with Gasteiger partial charge in [-0.15, -0.1) is 11.3 Å². The van der Waals surface area contributed by atoms with Crippen molar-refractivity contribution in [3.05, 3.63) is 95.5 Å². The fraction of sp³-hybridized carbons (Fsp3) is 0.179. The Morgan fingerprint density at radius 2 is 1.87 bits per heavy atom. The number of nitrogens with one attached hydrogen (secondary N) is 2. The van der Waals surface area contributed by atoms with Gasteiger partial charge in [0, 0.05) is 41.4 Å². The Hall–Kier alpha value is -3.93. The van der Waals surface area contributed by atoms with Gasteiger partial charge in [0.05, 0.1) is 17.0 Å². The molecule has 2 N–H and O–H groups in total. The van der Waals surface area contributed by atoms with Gasteiger partial charge in [-0.3, -0.25) is 0 Å². The van der Waals surface area contributed by atoms with Gasteiger partial charge in [0.2, 0.25) is 0 Å². The molecule has 0 atom stereocenters. The van der Waals surface area contributed by atoms with Gasteiger partial charge in [-0.25, -0.2) is 27.8 Å². The van der Waals surface area contributed by atoms with E-state index in [0.717, 1.165) is 38.4 Å². The van der Waals surface area contributed by atoms with Gasteiger partial charge in [0.1, 0.15) is 45.2 Å². The lowest BCUT2D eigenvalue weighted by Gasteiger charge is -2.10. The lowest BCUT2D eigenvalue weighted by atomic mass is 10.1. The van der Waals surface area contributed by atoms with Gasteiger partial charge in [0.15, 0.2) is 0 Å². The largest absolute Gasteiger partial charge is 0.489 e. The maximum atomic E-state index is 13.4. The Morgan fingerprint density at radius 1 is 1.03 bits per heavy atom. The molecule has 0 aliphatic rings. The number of hydrogen-bond donors (Lipinski definition) is 2. The molecule has 5 aromatic rings. The maximum absolute atomic E-state index is 13.4. The van der Waals surface area contributed by atoms with Crippen molar-refractivity contribution in [1.29, 1.82) is 0 Å². The van der Waals surface area contributed by atoms with Crippen LogP contribution in [0.3, 0.4) is 0 Å². The zero-order valence-electron chi connectivity index (χ0n) is 21.1. The van der Waals surface area contributed by atoms with Gasteiger partial charge >= 0.3 is 0 Å². The van der Waals surface area contributed by atoms with Gasteiger partial charge in [0.25, 0.3) is 0 Å². The maximum Gasteiger partial charge on any atom is 0.148 e. The summed E-state index contributed by atoms with van der Waals surface area (Å²) in [6, 6.07) is 19.8. The van der Waals surface area contributed by atoms with Crippen molar-refractivity contribution in [2.75, 3.05) is 23.9 Å². The molecule has 0 fully saturated rings. The zero-order valence-corrected chi connectivity index (χ0v) is 22.7. The monoisotopic (exact) mass is 563 g/mol. The molecular formula is C28H26FN5O3S2. The highest BCUT2D eigenvalue weighted by molar-refractivity contribution is 7.90. The normalized spacial score (nSPS) is 11.5. The number of benzene rings is 3. The summed E-state index contributed by atoms with van der Waals surface area (Å²) in [5, 5.41) is 10.1. The average molecular weight is 564 g/mol. The standard InChI is InChI=1S/C28H26FN5O3S2/c1-39(35,36)12-11-30-15-23-17-38-28(34-23)20-5-10-25-26(14-20)31-18-32-27(25)33-22-6-8-24(9-7-22)37-16-19-3-2-4-21(29)13-19/h2-10,13-14,17-18,30H,11-12,15-16H2,1H3,(H,31,32,33). The molecule has 0 spiro atoms. The number of thiazole rings is 1. The average Bonchev–Trinajstić information content (AvgIpc) is 3.39. The Labute approximate surface area is 229 Å². The summed E-state index contributed by atoms with van der Waals surface area (Å²) >= 11 is 1.53. The van der Waals surface area contributed by atoms with E-state index < -0.39 is 9.84 Å². The van der Waals surface area contributed by atoms with Gasteiger partial charge in [-0.2, -0.15) is 0 Å². The van der Waals surface area contributed by atoms with Gasteiger partial charge in [-0.05, 0) is 54.1 Å². The molecule has 200 valence electrons. The van der Waals surface area contributed by atoms with Crippen LogP contribution in [0.25, 0.3) is 21.5 Å². The number of aromatic nitrogens is 3. The van der Waals surface area contributed by atoms with Crippen molar-refractivity contribution in [3.8, 4) is 16.3 Å². The molecule has 0 aliphatic heterocycles. The number of nitrogens with zero attached hydrogens (tertiary/aromatic N) is 3. The highest BCUT2D eigenvalue weighted by Gasteiger charge is 2.10. The van der Waals surface area contributed by atoms with E-state index in [1.807, 2.05) is 53.9 Å². The van der Waals surface area contributed by atoms with E-state index in [0.29, 0.717) is 24.7 Å². The molecule has 0 bridgehead atoms. The lowest BCUT2D eigenvalue weighted by molar-refractivity contribution is 0.305. The van der Waals surface area contributed by atoms with Crippen molar-refractivity contribution in [1.82, 2.24) is 20.3 Å². The van der Waals surface area contributed by atoms with Crippen LogP contribution in [0.2, 0.25) is 0 Å². The second kappa shape index (κ2) is 11.9. The molecule has 0 saturated carbocycles. The van der Waals surface area contributed by atoms with Crippen molar-refractivity contribution < 1.29 is 17.5 Å². The van der Waals surface area contributed by atoms with Gasteiger partial charge < -0.3 is 15.4 Å². The van der Waals surface area contributed by atoms with Crippen molar-refractivity contribution in [3.63, 3.8) is 0 Å². The number of anilines is 2. The van der Waals surface area contributed by atoms with Crippen molar-refractivity contribution in [2.24, 2.45) is 0 Å². The second-order valence-electron chi connectivity index (χ2n) is 8.97. The van der Waals surface area contributed by atoms with Crippen LogP contribution in [0.5, 0.6) is 5.75 Å². The summed E-state index contributed by atoms with van der Waals surface area (Å²) in [4.78, 5) is 13.5. The fourth-order valence-corrected chi connectivity index (χ4v) is 5.18. The molecule has 2 aromatic heterocycles. The van der Waals surface area contributed by atoms with Crippen LogP contribution in [0.1, 0.15) is 11.3 Å². The summed E-state index contributed by atoms with van der Waals surface area (Å²) in [6.07, 6.45) is 2.74. The van der Waals surface area contributed by atoms with Crippen LogP contribution >= 0.6 is 11.3 Å².